The third-order valence-electron chi connectivity index (χ3n) is 3.90. The summed E-state index contributed by atoms with van der Waals surface area (Å²) in [5.74, 6) is -1.01. The number of carboxylic acid groups (broad SMARTS) is 1. The standard InChI is InChI=1S/C15H16N2O3/c1-17-13(9-12(16-17)14(18)19)10-3-5-11(6-4-10)15(20-2)7-8-15/h3-6,9H,7-8H2,1-2H3,(H,18,19). The smallest absolute Gasteiger partial charge is 0.356 e. The second kappa shape index (κ2) is 4.45. The van der Waals surface area contributed by atoms with Crippen LogP contribution in [0.3, 0.4) is 0 Å². The van der Waals surface area contributed by atoms with E-state index in [0.717, 1.165) is 24.1 Å². The zero-order valence-electron chi connectivity index (χ0n) is 11.5. The molecule has 0 aliphatic heterocycles. The van der Waals surface area contributed by atoms with Gasteiger partial charge in [0, 0.05) is 14.2 Å². The first-order valence-corrected chi connectivity index (χ1v) is 6.49. The predicted octanol–water partition coefficient (Wildman–Crippen LogP) is 2.42. The van der Waals surface area contributed by atoms with Crippen molar-refractivity contribution in [2.75, 3.05) is 7.11 Å². The lowest BCUT2D eigenvalue weighted by Crippen LogP contribution is -2.08. The summed E-state index contributed by atoms with van der Waals surface area (Å²) < 4.78 is 7.13. The molecule has 1 heterocycles. The molecule has 0 unspecified atom stereocenters. The van der Waals surface area contributed by atoms with Crippen molar-refractivity contribution in [2.45, 2.75) is 18.4 Å². The van der Waals surface area contributed by atoms with E-state index < -0.39 is 5.97 Å². The summed E-state index contributed by atoms with van der Waals surface area (Å²) in [6, 6.07) is 9.63. The number of methoxy groups -OCH3 is 1. The van der Waals surface area contributed by atoms with Gasteiger partial charge in [-0.3, -0.25) is 4.68 Å². The van der Waals surface area contributed by atoms with Crippen molar-refractivity contribution in [2.24, 2.45) is 7.05 Å². The Kier molecular flexibility index (Phi) is 2.87. The lowest BCUT2D eigenvalue weighted by Gasteiger charge is -2.14. The summed E-state index contributed by atoms with van der Waals surface area (Å²) >= 11 is 0. The van der Waals surface area contributed by atoms with Crippen LogP contribution in [0.4, 0.5) is 0 Å². The summed E-state index contributed by atoms with van der Waals surface area (Å²) in [5.41, 5.74) is 2.86. The van der Waals surface area contributed by atoms with Gasteiger partial charge in [0.1, 0.15) is 0 Å². The molecule has 20 heavy (non-hydrogen) atoms. The van der Waals surface area contributed by atoms with Crippen molar-refractivity contribution in [1.29, 1.82) is 0 Å². The van der Waals surface area contributed by atoms with Gasteiger partial charge < -0.3 is 9.84 Å². The van der Waals surface area contributed by atoms with Crippen molar-refractivity contribution in [1.82, 2.24) is 9.78 Å². The van der Waals surface area contributed by atoms with E-state index in [2.05, 4.69) is 5.10 Å². The van der Waals surface area contributed by atoms with Crippen molar-refractivity contribution in [3.63, 3.8) is 0 Å². The molecule has 2 aromatic rings. The molecule has 0 bridgehead atoms. The van der Waals surface area contributed by atoms with E-state index in [0.29, 0.717) is 0 Å². The highest BCUT2D eigenvalue weighted by Gasteiger charge is 2.44. The Balaban J connectivity index is 1.93. The summed E-state index contributed by atoms with van der Waals surface area (Å²) in [6.07, 6.45) is 2.11. The second-order valence-electron chi connectivity index (χ2n) is 5.12. The summed E-state index contributed by atoms with van der Waals surface area (Å²) in [6.45, 7) is 0. The Morgan fingerprint density at radius 1 is 1.35 bits per heavy atom. The first-order valence-electron chi connectivity index (χ1n) is 6.49. The molecule has 1 aromatic heterocycles. The highest BCUT2D eigenvalue weighted by Crippen LogP contribution is 2.48. The first-order chi connectivity index (χ1) is 9.55. The van der Waals surface area contributed by atoms with Crippen LogP contribution in [-0.4, -0.2) is 28.0 Å². The molecule has 1 saturated carbocycles. The topological polar surface area (TPSA) is 64.3 Å². The number of carboxylic acids is 1. The largest absolute Gasteiger partial charge is 0.476 e. The number of rotatable bonds is 4. The molecule has 5 heteroatoms. The number of aromatic nitrogens is 2. The van der Waals surface area contributed by atoms with E-state index in [1.165, 1.54) is 5.56 Å². The minimum absolute atomic E-state index is 0.0575. The molecule has 1 aliphatic rings. The van der Waals surface area contributed by atoms with Crippen LogP contribution < -0.4 is 0 Å². The average molecular weight is 272 g/mol. The molecule has 1 fully saturated rings. The number of nitrogens with zero attached hydrogens (tertiary/aromatic N) is 2. The van der Waals surface area contributed by atoms with E-state index in [-0.39, 0.29) is 11.3 Å². The third-order valence-corrected chi connectivity index (χ3v) is 3.90. The minimum atomic E-state index is -1.01. The molecule has 0 spiro atoms. The Morgan fingerprint density at radius 3 is 2.45 bits per heavy atom. The van der Waals surface area contributed by atoms with Crippen LogP contribution in [0.25, 0.3) is 11.3 Å². The van der Waals surface area contributed by atoms with Gasteiger partial charge >= 0.3 is 5.97 Å². The Bertz CT molecular complexity index is 654. The van der Waals surface area contributed by atoms with Gasteiger partial charge in [0.05, 0.1) is 11.3 Å². The maximum absolute atomic E-state index is 10.9. The van der Waals surface area contributed by atoms with Crippen molar-refractivity contribution in [3.8, 4) is 11.3 Å². The molecular formula is C15H16N2O3. The fourth-order valence-corrected chi connectivity index (χ4v) is 2.51. The highest BCUT2D eigenvalue weighted by atomic mass is 16.5. The van der Waals surface area contributed by atoms with Gasteiger partial charge in [-0.1, -0.05) is 24.3 Å². The molecule has 0 saturated heterocycles. The van der Waals surface area contributed by atoms with E-state index in [1.54, 1.807) is 24.9 Å². The third kappa shape index (κ3) is 2.00. The lowest BCUT2D eigenvalue weighted by atomic mass is 10.0. The monoisotopic (exact) mass is 272 g/mol. The van der Waals surface area contributed by atoms with Gasteiger partial charge in [0.15, 0.2) is 5.69 Å². The molecule has 0 atom stereocenters. The molecule has 1 N–H and O–H groups in total. The van der Waals surface area contributed by atoms with Gasteiger partial charge in [-0.15, -0.1) is 0 Å². The summed E-state index contributed by atoms with van der Waals surface area (Å²) in [7, 11) is 3.48. The minimum Gasteiger partial charge on any atom is -0.476 e. The lowest BCUT2D eigenvalue weighted by molar-refractivity contribution is 0.0689. The van der Waals surface area contributed by atoms with Gasteiger partial charge in [-0.2, -0.15) is 5.10 Å². The Hall–Kier alpha value is -2.14. The van der Waals surface area contributed by atoms with Gasteiger partial charge in [-0.25, -0.2) is 4.79 Å². The fourth-order valence-electron chi connectivity index (χ4n) is 2.51. The zero-order chi connectivity index (χ0) is 14.3. The predicted molar refractivity (Wildman–Crippen MR) is 73.5 cm³/mol. The SMILES string of the molecule is COC1(c2ccc(-c3cc(C(=O)O)nn3C)cc2)CC1. The average Bonchev–Trinajstić information content (AvgIpc) is 3.15. The van der Waals surface area contributed by atoms with E-state index in [4.69, 9.17) is 9.84 Å². The van der Waals surface area contributed by atoms with Crippen LogP contribution in [-0.2, 0) is 17.4 Å². The van der Waals surface area contributed by atoms with E-state index in [9.17, 15) is 4.79 Å². The number of carbonyl (C=O) groups is 1. The fraction of sp³-hybridized carbons (Fsp3) is 0.333. The van der Waals surface area contributed by atoms with E-state index in [1.807, 2.05) is 24.3 Å². The molecule has 104 valence electrons. The summed E-state index contributed by atoms with van der Waals surface area (Å²) in [4.78, 5) is 10.9. The normalized spacial score (nSPS) is 16.1. The van der Waals surface area contributed by atoms with Gasteiger partial charge in [0.2, 0.25) is 0 Å². The van der Waals surface area contributed by atoms with Gasteiger partial charge in [0.25, 0.3) is 0 Å². The number of aromatic carboxylic acids is 1. The van der Waals surface area contributed by atoms with Crippen molar-refractivity contribution in [3.05, 3.63) is 41.6 Å². The quantitative estimate of drug-likeness (QED) is 0.928. The molecule has 1 aliphatic carbocycles. The summed E-state index contributed by atoms with van der Waals surface area (Å²) in [5, 5.41) is 12.9. The number of hydrogen-bond acceptors (Lipinski definition) is 3. The van der Waals surface area contributed by atoms with Crippen LogP contribution in [0.15, 0.2) is 30.3 Å². The molecule has 1 aromatic carbocycles. The molecule has 0 amide bonds. The number of benzene rings is 1. The maximum Gasteiger partial charge on any atom is 0.356 e. The number of ether oxygens (including phenoxy) is 1. The number of aryl methyl sites for hydroxylation is 1. The highest BCUT2D eigenvalue weighted by molar-refractivity contribution is 5.87. The van der Waals surface area contributed by atoms with Crippen LogP contribution in [0, 0.1) is 0 Å². The van der Waals surface area contributed by atoms with Crippen LogP contribution in [0.2, 0.25) is 0 Å². The first kappa shape index (κ1) is 12.9. The van der Waals surface area contributed by atoms with Crippen LogP contribution in [0.5, 0.6) is 0 Å². The van der Waals surface area contributed by atoms with Crippen LogP contribution in [0.1, 0.15) is 28.9 Å². The number of hydrogen-bond donors (Lipinski definition) is 1. The Labute approximate surface area is 116 Å². The van der Waals surface area contributed by atoms with E-state index >= 15 is 0 Å². The maximum atomic E-state index is 10.9. The second-order valence-corrected chi connectivity index (χ2v) is 5.12. The molecular weight excluding hydrogens is 256 g/mol. The van der Waals surface area contributed by atoms with Crippen LogP contribution >= 0.6 is 0 Å². The van der Waals surface area contributed by atoms with Crippen molar-refractivity contribution >= 4 is 5.97 Å². The zero-order valence-corrected chi connectivity index (χ0v) is 11.5. The van der Waals surface area contributed by atoms with Gasteiger partial charge in [-0.05, 0) is 30.0 Å². The van der Waals surface area contributed by atoms with Crippen molar-refractivity contribution < 1.29 is 14.6 Å². The molecule has 5 nitrogen and oxygen atoms in total. The molecule has 3 rings (SSSR count). The Morgan fingerprint density at radius 2 is 2.00 bits per heavy atom. The molecule has 0 radical (unpaired) electrons.